The molecule has 21 heavy (non-hydrogen) atoms. The molecule has 0 unspecified atom stereocenters. The predicted molar refractivity (Wildman–Crippen MR) is 79.7 cm³/mol. The zero-order valence-corrected chi connectivity index (χ0v) is 12.5. The zero-order valence-electron chi connectivity index (χ0n) is 10.9. The van der Waals surface area contributed by atoms with Crippen molar-refractivity contribution in [1.82, 2.24) is 10.2 Å². The molecule has 0 aliphatic heterocycles. The summed E-state index contributed by atoms with van der Waals surface area (Å²) in [4.78, 5) is 12.2. The number of methoxy groups -OCH3 is 1. The number of hydrogen-bond donors (Lipinski definition) is 4. The number of ether oxygens (including phenoxy) is 1. The number of carbonyl (C=O) groups excluding carboxylic acids is 1. The van der Waals surface area contributed by atoms with Gasteiger partial charge in [-0.2, -0.15) is 5.10 Å². The van der Waals surface area contributed by atoms with E-state index in [9.17, 15) is 4.79 Å². The second kappa shape index (κ2) is 6.27. The van der Waals surface area contributed by atoms with Gasteiger partial charge in [-0.3, -0.25) is 9.89 Å². The Morgan fingerprint density at radius 1 is 1.57 bits per heavy atom. The minimum atomic E-state index is -0.380. The van der Waals surface area contributed by atoms with Gasteiger partial charge >= 0.3 is 0 Å². The summed E-state index contributed by atoms with van der Waals surface area (Å²) in [5.74, 6) is 0.317. The van der Waals surface area contributed by atoms with Crippen molar-refractivity contribution in [3.63, 3.8) is 0 Å². The molecular formula is C12H12BrN5O3. The molecule has 0 fully saturated rings. The Morgan fingerprint density at radius 3 is 2.95 bits per heavy atom. The van der Waals surface area contributed by atoms with Crippen LogP contribution in [0.2, 0.25) is 0 Å². The number of H-pyrrole nitrogens is 1. The number of aromatic nitrogens is 2. The Morgan fingerprint density at radius 2 is 2.33 bits per heavy atom. The highest BCUT2D eigenvalue weighted by Gasteiger charge is 2.14. The summed E-state index contributed by atoms with van der Waals surface area (Å²) < 4.78 is 5.75. The van der Waals surface area contributed by atoms with Gasteiger partial charge in [0.2, 0.25) is 0 Å². The third kappa shape index (κ3) is 3.14. The topological polar surface area (TPSA) is 126 Å². The standard InChI is InChI=1S/C12H12BrN5O3/c1-21-9-3-2-6(4-8(9)13)12(19)16-11-7(5-15-17-11)10(14)18-20/h2-5,20H,1H3,(H2,14,18)(H2,15,16,17,19). The Balaban J connectivity index is 2.23. The molecule has 1 aromatic carbocycles. The molecule has 0 saturated carbocycles. The van der Waals surface area contributed by atoms with Crippen LogP contribution < -0.4 is 15.8 Å². The summed E-state index contributed by atoms with van der Waals surface area (Å²) >= 11 is 3.31. The van der Waals surface area contributed by atoms with E-state index in [1.165, 1.54) is 13.3 Å². The molecule has 2 rings (SSSR count). The lowest BCUT2D eigenvalue weighted by Crippen LogP contribution is -2.18. The fraction of sp³-hybridized carbons (Fsp3) is 0.0833. The van der Waals surface area contributed by atoms with Crippen molar-refractivity contribution in [2.45, 2.75) is 0 Å². The predicted octanol–water partition coefficient (Wildman–Crippen LogP) is 1.53. The molecule has 8 nitrogen and oxygen atoms in total. The van der Waals surface area contributed by atoms with Gasteiger partial charge in [0.15, 0.2) is 5.84 Å². The minimum absolute atomic E-state index is 0.157. The Kier molecular flexibility index (Phi) is 4.43. The number of oxime groups is 1. The number of anilines is 1. The van der Waals surface area contributed by atoms with Crippen molar-refractivity contribution in [3.05, 3.63) is 40.0 Å². The van der Waals surface area contributed by atoms with Crippen molar-refractivity contribution in [1.29, 1.82) is 0 Å². The lowest BCUT2D eigenvalue weighted by Gasteiger charge is -2.07. The molecule has 9 heteroatoms. The van der Waals surface area contributed by atoms with Crippen LogP contribution in [0.15, 0.2) is 34.0 Å². The maximum absolute atomic E-state index is 12.2. The van der Waals surface area contributed by atoms with Crippen molar-refractivity contribution < 1.29 is 14.7 Å². The largest absolute Gasteiger partial charge is 0.496 e. The quantitative estimate of drug-likeness (QED) is 0.287. The van der Waals surface area contributed by atoms with E-state index in [0.29, 0.717) is 21.3 Å². The first-order valence-corrected chi connectivity index (χ1v) is 6.52. The zero-order chi connectivity index (χ0) is 15.4. The third-order valence-corrected chi connectivity index (χ3v) is 3.30. The third-order valence-electron chi connectivity index (χ3n) is 2.68. The summed E-state index contributed by atoms with van der Waals surface area (Å²) in [5, 5.41) is 20.4. The average molecular weight is 354 g/mol. The van der Waals surface area contributed by atoms with E-state index in [-0.39, 0.29) is 17.6 Å². The Bertz CT molecular complexity index is 698. The number of rotatable bonds is 4. The summed E-state index contributed by atoms with van der Waals surface area (Å²) in [6, 6.07) is 4.89. The van der Waals surface area contributed by atoms with Gasteiger partial charge < -0.3 is 21.0 Å². The SMILES string of the molecule is COc1ccc(C(=O)Nc2[nH]ncc2C(N)=NO)cc1Br. The monoisotopic (exact) mass is 353 g/mol. The van der Waals surface area contributed by atoms with Gasteiger partial charge in [0, 0.05) is 5.56 Å². The van der Waals surface area contributed by atoms with Crippen LogP contribution in [-0.4, -0.2) is 34.3 Å². The van der Waals surface area contributed by atoms with Crippen LogP contribution in [-0.2, 0) is 0 Å². The number of nitrogens with one attached hydrogen (secondary N) is 2. The molecule has 0 saturated heterocycles. The molecule has 5 N–H and O–H groups in total. The molecule has 0 spiro atoms. The first kappa shape index (κ1) is 14.9. The molecule has 2 aromatic rings. The number of halogens is 1. The van der Waals surface area contributed by atoms with Crippen molar-refractivity contribution >= 4 is 33.5 Å². The van der Waals surface area contributed by atoms with E-state index in [1.807, 2.05) is 0 Å². The van der Waals surface area contributed by atoms with Crippen LogP contribution in [0.25, 0.3) is 0 Å². The summed E-state index contributed by atoms with van der Waals surface area (Å²) in [6.45, 7) is 0. The molecule has 0 radical (unpaired) electrons. The van der Waals surface area contributed by atoms with E-state index in [0.717, 1.165) is 0 Å². The molecule has 1 amide bonds. The Labute approximate surface area is 128 Å². The van der Waals surface area contributed by atoms with Crippen molar-refractivity contribution in [2.75, 3.05) is 12.4 Å². The first-order chi connectivity index (χ1) is 10.1. The number of amides is 1. The van der Waals surface area contributed by atoms with Crippen LogP contribution in [0.3, 0.4) is 0 Å². The van der Waals surface area contributed by atoms with Gasteiger partial charge in [-0.15, -0.1) is 0 Å². The highest BCUT2D eigenvalue weighted by molar-refractivity contribution is 9.10. The van der Waals surface area contributed by atoms with Crippen LogP contribution in [0.1, 0.15) is 15.9 Å². The number of aromatic amines is 1. The first-order valence-electron chi connectivity index (χ1n) is 5.73. The molecular weight excluding hydrogens is 342 g/mol. The normalized spacial score (nSPS) is 11.2. The fourth-order valence-corrected chi connectivity index (χ4v) is 2.16. The average Bonchev–Trinajstić information content (AvgIpc) is 2.94. The van der Waals surface area contributed by atoms with Crippen LogP contribution in [0, 0.1) is 0 Å². The summed E-state index contributed by atoms with van der Waals surface area (Å²) in [6.07, 6.45) is 1.34. The van der Waals surface area contributed by atoms with E-state index in [4.69, 9.17) is 15.7 Å². The maximum atomic E-state index is 12.2. The van der Waals surface area contributed by atoms with Gasteiger partial charge in [-0.05, 0) is 34.1 Å². The smallest absolute Gasteiger partial charge is 0.256 e. The van der Waals surface area contributed by atoms with Gasteiger partial charge in [0.1, 0.15) is 11.6 Å². The number of hydrogen-bond acceptors (Lipinski definition) is 5. The van der Waals surface area contributed by atoms with Crippen LogP contribution >= 0.6 is 15.9 Å². The number of nitrogens with two attached hydrogens (primary N) is 1. The number of nitrogens with zero attached hydrogens (tertiary/aromatic N) is 2. The van der Waals surface area contributed by atoms with Crippen molar-refractivity contribution in [3.8, 4) is 5.75 Å². The highest BCUT2D eigenvalue weighted by Crippen LogP contribution is 2.26. The van der Waals surface area contributed by atoms with Gasteiger partial charge in [0.25, 0.3) is 5.91 Å². The van der Waals surface area contributed by atoms with Gasteiger partial charge in [0.05, 0.1) is 23.3 Å². The molecule has 0 bridgehead atoms. The minimum Gasteiger partial charge on any atom is -0.496 e. The van der Waals surface area contributed by atoms with Crippen molar-refractivity contribution in [2.24, 2.45) is 10.9 Å². The number of amidine groups is 1. The van der Waals surface area contributed by atoms with E-state index in [1.54, 1.807) is 18.2 Å². The van der Waals surface area contributed by atoms with Gasteiger partial charge in [-0.25, -0.2) is 0 Å². The second-order valence-electron chi connectivity index (χ2n) is 3.95. The molecule has 1 heterocycles. The molecule has 1 aromatic heterocycles. The summed E-state index contributed by atoms with van der Waals surface area (Å²) in [5.41, 5.74) is 6.18. The summed E-state index contributed by atoms with van der Waals surface area (Å²) in [7, 11) is 1.54. The molecule has 110 valence electrons. The molecule has 0 aliphatic rings. The maximum Gasteiger partial charge on any atom is 0.256 e. The lowest BCUT2D eigenvalue weighted by molar-refractivity contribution is 0.102. The van der Waals surface area contributed by atoms with Crippen LogP contribution in [0.4, 0.5) is 5.82 Å². The van der Waals surface area contributed by atoms with Crippen LogP contribution in [0.5, 0.6) is 5.75 Å². The Hall–Kier alpha value is -2.55. The van der Waals surface area contributed by atoms with Gasteiger partial charge in [-0.1, -0.05) is 5.16 Å². The molecule has 0 atom stereocenters. The lowest BCUT2D eigenvalue weighted by atomic mass is 10.2. The highest BCUT2D eigenvalue weighted by atomic mass is 79.9. The van der Waals surface area contributed by atoms with E-state index < -0.39 is 0 Å². The van der Waals surface area contributed by atoms with E-state index >= 15 is 0 Å². The fourth-order valence-electron chi connectivity index (χ4n) is 1.62. The molecule has 0 aliphatic carbocycles. The number of benzene rings is 1. The van der Waals surface area contributed by atoms with E-state index in [2.05, 4.69) is 36.6 Å². The second-order valence-corrected chi connectivity index (χ2v) is 4.80. The number of carbonyl (C=O) groups is 1.